The lowest BCUT2D eigenvalue weighted by Crippen LogP contribution is -2.30. The fourth-order valence-corrected chi connectivity index (χ4v) is 2.33. The van der Waals surface area contributed by atoms with Crippen LogP contribution in [-0.4, -0.2) is 24.2 Å². The molecule has 1 unspecified atom stereocenters. The molecule has 1 aliphatic rings. The number of rotatable bonds is 5. The lowest BCUT2D eigenvalue weighted by Gasteiger charge is -2.17. The van der Waals surface area contributed by atoms with E-state index in [9.17, 15) is 4.79 Å². The molecule has 102 valence electrons. The first-order valence-electron chi connectivity index (χ1n) is 6.69. The molecule has 5 nitrogen and oxygen atoms in total. The molecule has 0 radical (unpaired) electrons. The Bertz CT molecular complexity index is 640. The molecule has 2 aromatic rings. The molecule has 2 N–H and O–H groups in total. The van der Waals surface area contributed by atoms with E-state index in [1.54, 1.807) is 7.05 Å². The monoisotopic (exact) mass is 261 g/mol. The molecule has 5 heteroatoms. The van der Waals surface area contributed by atoms with Crippen LogP contribution in [0.1, 0.15) is 24.4 Å². The van der Waals surface area contributed by atoms with Gasteiger partial charge in [-0.25, -0.2) is 4.79 Å². The third kappa shape index (κ3) is 2.43. The quantitative estimate of drug-likeness (QED) is 0.847. The van der Waals surface area contributed by atoms with Crippen LogP contribution in [0.4, 0.5) is 0 Å². The van der Waals surface area contributed by atoms with Crippen LogP contribution in [0.5, 0.6) is 0 Å². The van der Waals surface area contributed by atoms with Gasteiger partial charge in [-0.05, 0) is 37.6 Å². The Morgan fingerprint density at radius 2 is 2.26 bits per heavy atom. The number of fused-ring (bicyclic) bond motifs is 1. The van der Waals surface area contributed by atoms with E-state index in [4.69, 9.17) is 4.42 Å². The normalized spacial score (nSPS) is 16.9. The van der Waals surface area contributed by atoms with E-state index in [1.165, 1.54) is 17.4 Å². The van der Waals surface area contributed by atoms with Crippen LogP contribution < -0.4 is 16.4 Å². The van der Waals surface area contributed by atoms with Crippen LogP contribution in [0.3, 0.4) is 0 Å². The Kier molecular flexibility index (Phi) is 3.16. The molecule has 1 atom stereocenters. The predicted molar refractivity (Wildman–Crippen MR) is 74.3 cm³/mol. The average molecular weight is 261 g/mol. The van der Waals surface area contributed by atoms with E-state index in [2.05, 4.69) is 10.6 Å². The first kappa shape index (κ1) is 12.4. The molecule has 0 aliphatic heterocycles. The number of hydrogen-bond donors (Lipinski definition) is 2. The average Bonchev–Trinajstić information content (AvgIpc) is 3.18. The highest BCUT2D eigenvalue weighted by Crippen LogP contribution is 2.22. The lowest BCUT2D eigenvalue weighted by atomic mass is 10.1. The van der Waals surface area contributed by atoms with E-state index >= 15 is 0 Å². The molecule has 0 bridgehead atoms. The van der Waals surface area contributed by atoms with E-state index < -0.39 is 0 Å². The van der Waals surface area contributed by atoms with Crippen molar-refractivity contribution < 1.29 is 4.42 Å². The van der Waals surface area contributed by atoms with Crippen molar-refractivity contribution in [2.45, 2.75) is 24.9 Å². The van der Waals surface area contributed by atoms with E-state index in [0.717, 1.165) is 17.6 Å². The molecule has 1 heterocycles. The molecule has 0 amide bonds. The van der Waals surface area contributed by atoms with Gasteiger partial charge in [0, 0.05) is 25.7 Å². The molecular weight excluding hydrogens is 242 g/mol. The van der Waals surface area contributed by atoms with Crippen molar-refractivity contribution in [3.8, 4) is 0 Å². The first-order valence-corrected chi connectivity index (χ1v) is 6.69. The Labute approximate surface area is 111 Å². The zero-order chi connectivity index (χ0) is 13.4. The van der Waals surface area contributed by atoms with Crippen molar-refractivity contribution in [1.29, 1.82) is 0 Å². The Balaban J connectivity index is 1.87. The topological polar surface area (TPSA) is 59.2 Å². The summed E-state index contributed by atoms with van der Waals surface area (Å²) in [5.41, 5.74) is 2.62. The number of aryl methyl sites for hydroxylation is 1. The smallest absolute Gasteiger partial charge is 0.408 e. The highest BCUT2D eigenvalue weighted by Gasteiger charge is 2.22. The Hall–Kier alpha value is -1.59. The van der Waals surface area contributed by atoms with Crippen molar-refractivity contribution in [3.05, 3.63) is 34.3 Å². The second-order valence-electron chi connectivity index (χ2n) is 5.18. The van der Waals surface area contributed by atoms with E-state index in [0.29, 0.717) is 11.6 Å². The summed E-state index contributed by atoms with van der Waals surface area (Å²) >= 11 is 0. The molecule has 1 saturated carbocycles. The maximum atomic E-state index is 11.5. The molecule has 19 heavy (non-hydrogen) atoms. The van der Waals surface area contributed by atoms with Crippen molar-refractivity contribution in [3.63, 3.8) is 0 Å². The van der Waals surface area contributed by atoms with Gasteiger partial charge in [0.2, 0.25) is 0 Å². The minimum atomic E-state index is -0.315. The Morgan fingerprint density at radius 3 is 2.95 bits per heavy atom. The molecule has 1 aliphatic carbocycles. The third-order valence-electron chi connectivity index (χ3n) is 3.76. The van der Waals surface area contributed by atoms with Gasteiger partial charge < -0.3 is 15.1 Å². The maximum absolute atomic E-state index is 11.5. The highest BCUT2D eigenvalue weighted by molar-refractivity contribution is 5.73. The van der Waals surface area contributed by atoms with Crippen molar-refractivity contribution in [2.24, 2.45) is 7.05 Å². The summed E-state index contributed by atoms with van der Waals surface area (Å²) < 4.78 is 6.75. The third-order valence-corrected chi connectivity index (χ3v) is 3.76. The highest BCUT2D eigenvalue weighted by atomic mass is 16.4. The van der Waals surface area contributed by atoms with Crippen molar-refractivity contribution in [2.75, 3.05) is 13.6 Å². The Morgan fingerprint density at radius 1 is 1.47 bits per heavy atom. The largest absolute Gasteiger partial charge is 0.419 e. The SMILES string of the molecule is CNC(CNC1CC1)c1ccc2c(c1)oc(=O)n2C. The number of benzene rings is 1. The van der Waals surface area contributed by atoms with Crippen LogP contribution in [0.2, 0.25) is 0 Å². The standard InChI is InChI=1S/C14H19N3O2/c1-15-11(8-16-10-4-5-10)9-3-6-12-13(7-9)19-14(18)17(12)2/h3,6-7,10-11,15-16H,4-5,8H2,1-2H3. The second-order valence-corrected chi connectivity index (χ2v) is 5.18. The van der Waals surface area contributed by atoms with Crippen LogP contribution in [0.15, 0.2) is 27.4 Å². The first-order chi connectivity index (χ1) is 9.19. The molecule has 1 aromatic carbocycles. The number of likely N-dealkylation sites (N-methyl/N-ethyl adjacent to an activating group) is 1. The van der Waals surface area contributed by atoms with Crippen LogP contribution in [-0.2, 0) is 7.05 Å². The molecule has 0 saturated heterocycles. The second kappa shape index (κ2) is 4.83. The number of aromatic nitrogens is 1. The molecule has 1 aromatic heterocycles. The van der Waals surface area contributed by atoms with Crippen LogP contribution in [0, 0.1) is 0 Å². The predicted octanol–water partition coefficient (Wildman–Crippen LogP) is 1.14. The number of nitrogens with zero attached hydrogens (tertiary/aromatic N) is 1. The number of nitrogens with one attached hydrogen (secondary N) is 2. The summed E-state index contributed by atoms with van der Waals surface area (Å²) in [6.45, 7) is 0.893. The van der Waals surface area contributed by atoms with Crippen LogP contribution >= 0.6 is 0 Å². The van der Waals surface area contributed by atoms with Gasteiger partial charge in [0.05, 0.1) is 5.52 Å². The van der Waals surface area contributed by atoms with Gasteiger partial charge in [-0.15, -0.1) is 0 Å². The minimum Gasteiger partial charge on any atom is -0.408 e. The maximum Gasteiger partial charge on any atom is 0.419 e. The summed E-state index contributed by atoms with van der Waals surface area (Å²) in [7, 11) is 3.67. The fraction of sp³-hybridized carbons (Fsp3) is 0.500. The van der Waals surface area contributed by atoms with Crippen molar-refractivity contribution in [1.82, 2.24) is 15.2 Å². The molecular formula is C14H19N3O2. The zero-order valence-electron chi connectivity index (χ0n) is 11.3. The summed E-state index contributed by atoms with van der Waals surface area (Å²) in [5.74, 6) is -0.315. The van der Waals surface area contributed by atoms with Gasteiger partial charge in [-0.3, -0.25) is 4.57 Å². The number of oxazole rings is 1. The van der Waals surface area contributed by atoms with Gasteiger partial charge in [-0.2, -0.15) is 0 Å². The van der Waals surface area contributed by atoms with Crippen LogP contribution in [0.25, 0.3) is 11.1 Å². The number of hydrogen-bond acceptors (Lipinski definition) is 4. The fourth-order valence-electron chi connectivity index (χ4n) is 2.33. The molecule has 3 rings (SSSR count). The van der Waals surface area contributed by atoms with E-state index in [1.807, 2.05) is 25.2 Å². The van der Waals surface area contributed by atoms with Gasteiger partial charge in [0.15, 0.2) is 5.58 Å². The summed E-state index contributed by atoms with van der Waals surface area (Å²) in [6, 6.07) is 6.86. The van der Waals surface area contributed by atoms with E-state index in [-0.39, 0.29) is 11.8 Å². The minimum absolute atomic E-state index is 0.232. The molecule has 0 spiro atoms. The van der Waals surface area contributed by atoms with Crippen molar-refractivity contribution >= 4 is 11.1 Å². The summed E-state index contributed by atoms with van der Waals surface area (Å²) in [4.78, 5) is 11.5. The van der Waals surface area contributed by atoms with Gasteiger partial charge >= 0.3 is 5.76 Å². The zero-order valence-corrected chi connectivity index (χ0v) is 11.3. The summed E-state index contributed by atoms with van der Waals surface area (Å²) in [5, 5.41) is 6.81. The molecule has 1 fully saturated rings. The van der Waals surface area contributed by atoms with Gasteiger partial charge in [-0.1, -0.05) is 6.07 Å². The lowest BCUT2D eigenvalue weighted by molar-refractivity contribution is 0.518. The van der Waals surface area contributed by atoms with Gasteiger partial charge in [0.1, 0.15) is 0 Å². The van der Waals surface area contributed by atoms with Gasteiger partial charge in [0.25, 0.3) is 0 Å². The summed E-state index contributed by atoms with van der Waals surface area (Å²) in [6.07, 6.45) is 2.56.